The van der Waals surface area contributed by atoms with Gasteiger partial charge in [-0.05, 0) is 38.3 Å². The van der Waals surface area contributed by atoms with Gasteiger partial charge in [-0.1, -0.05) is 17.7 Å². The third kappa shape index (κ3) is 5.00. The molecule has 0 heterocycles. The van der Waals surface area contributed by atoms with E-state index in [-0.39, 0.29) is 0 Å². The minimum absolute atomic E-state index is 0.549. The van der Waals surface area contributed by atoms with Crippen LogP contribution in [0.15, 0.2) is 18.2 Å². The summed E-state index contributed by atoms with van der Waals surface area (Å²) in [6.07, 6.45) is 3.35. The van der Waals surface area contributed by atoms with E-state index in [9.17, 15) is 0 Å². The summed E-state index contributed by atoms with van der Waals surface area (Å²) in [5.74, 6) is 2.18. The predicted octanol–water partition coefficient (Wildman–Crippen LogP) is 3.23. The van der Waals surface area contributed by atoms with Gasteiger partial charge in [0.2, 0.25) is 0 Å². The van der Waals surface area contributed by atoms with Gasteiger partial charge in [0.15, 0.2) is 0 Å². The van der Waals surface area contributed by atoms with E-state index in [2.05, 4.69) is 37.6 Å². The smallest absolute Gasteiger partial charge is 0.123 e. The molecule has 1 unspecified atom stereocenters. The van der Waals surface area contributed by atoms with Crippen LogP contribution in [-0.4, -0.2) is 25.2 Å². The van der Waals surface area contributed by atoms with Crippen molar-refractivity contribution in [2.24, 2.45) is 0 Å². The fourth-order valence-corrected chi connectivity index (χ4v) is 2.32. The molecule has 17 heavy (non-hydrogen) atoms. The lowest BCUT2D eigenvalue weighted by Crippen LogP contribution is -2.26. The average molecular weight is 253 g/mol. The summed E-state index contributed by atoms with van der Waals surface area (Å²) in [4.78, 5) is 0. The second-order valence-corrected chi connectivity index (χ2v) is 5.36. The molecule has 1 atom stereocenters. The number of benzene rings is 1. The Kier molecular flexibility index (Phi) is 6.45. The van der Waals surface area contributed by atoms with Crippen molar-refractivity contribution < 1.29 is 4.74 Å². The molecule has 1 aromatic carbocycles. The molecule has 1 aromatic rings. The first kappa shape index (κ1) is 14.4. The van der Waals surface area contributed by atoms with Gasteiger partial charge in [-0.15, -0.1) is 0 Å². The summed E-state index contributed by atoms with van der Waals surface area (Å²) in [6.45, 7) is 5.22. The van der Waals surface area contributed by atoms with Crippen molar-refractivity contribution in [3.8, 4) is 5.75 Å². The van der Waals surface area contributed by atoms with Crippen molar-refractivity contribution >= 4 is 11.8 Å². The van der Waals surface area contributed by atoms with E-state index in [1.165, 1.54) is 23.3 Å². The topological polar surface area (TPSA) is 21.3 Å². The molecular formula is C14H23NOS. The SMILES string of the molecule is COc1ccc(C)cc1CNC(C)CCSC. The van der Waals surface area contributed by atoms with Gasteiger partial charge >= 0.3 is 0 Å². The number of hydrogen-bond donors (Lipinski definition) is 1. The lowest BCUT2D eigenvalue weighted by Gasteiger charge is -2.15. The van der Waals surface area contributed by atoms with E-state index in [1.54, 1.807) is 7.11 Å². The highest BCUT2D eigenvalue weighted by molar-refractivity contribution is 7.98. The molecule has 0 aliphatic rings. The number of hydrogen-bond acceptors (Lipinski definition) is 3. The molecule has 0 bridgehead atoms. The first-order valence-electron chi connectivity index (χ1n) is 6.03. The summed E-state index contributed by atoms with van der Waals surface area (Å²) >= 11 is 1.90. The largest absolute Gasteiger partial charge is 0.496 e. The molecule has 0 aromatic heterocycles. The standard InChI is InChI=1S/C14H23NOS/c1-11-5-6-14(16-3)13(9-11)10-15-12(2)7-8-17-4/h5-6,9,12,15H,7-8,10H2,1-4H3. The Hall–Kier alpha value is -0.670. The van der Waals surface area contributed by atoms with Crippen LogP contribution < -0.4 is 10.1 Å². The van der Waals surface area contributed by atoms with Gasteiger partial charge in [0, 0.05) is 18.2 Å². The van der Waals surface area contributed by atoms with Gasteiger partial charge < -0.3 is 10.1 Å². The minimum Gasteiger partial charge on any atom is -0.496 e. The van der Waals surface area contributed by atoms with Crippen LogP contribution >= 0.6 is 11.8 Å². The third-order valence-corrected chi connectivity index (χ3v) is 3.48. The van der Waals surface area contributed by atoms with Crippen molar-refractivity contribution in [3.05, 3.63) is 29.3 Å². The zero-order valence-electron chi connectivity index (χ0n) is 11.2. The minimum atomic E-state index is 0.549. The number of rotatable bonds is 7. The maximum absolute atomic E-state index is 5.37. The Bertz CT molecular complexity index is 341. The summed E-state index contributed by atoms with van der Waals surface area (Å²) in [6, 6.07) is 6.86. The molecule has 0 amide bonds. The quantitative estimate of drug-likeness (QED) is 0.806. The Morgan fingerprint density at radius 3 is 2.82 bits per heavy atom. The average Bonchev–Trinajstić information content (AvgIpc) is 2.34. The molecule has 0 aliphatic heterocycles. The molecule has 0 aliphatic carbocycles. The Morgan fingerprint density at radius 2 is 2.18 bits per heavy atom. The first-order valence-corrected chi connectivity index (χ1v) is 7.42. The van der Waals surface area contributed by atoms with Crippen molar-refractivity contribution in [1.29, 1.82) is 0 Å². The summed E-state index contributed by atoms with van der Waals surface area (Å²) < 4.78 is 5.37. The Balaban J connectivity index is 2.52. The van der Waals surface area contributed by atoms with Gasteiger partial charge in [-0.2, -0.15) is 11.8 Å². The van der Waals surface area contributed by atoms with Crippen LogP contribution in [0, 0.1) is 6.92 Å². The van der Waals surface area contributed by atoms with Crippen LogP contribution in [-0.2, 0) is 6.54 Å². The Labute approximate surface area is 109 Å². The van der Waals surface area contributed by atoms with E-state index in [4.69, 9.17) is 4.74 Å². The maximum atomic E-state index is 5.37. The van der Waals surface area contributed by atoms with E-state index in [1.807, 2.05) is 17.8 Å². The van der Waals surface area contributed by atoms with Gasteiger partial charge in [-0.3, -0.25) is 0 Å². The van der Waals surface area contributed by atoms with E-state index in [0.717, 1.165) is 12.3 Å². The number of aryl methyl sites for hydroxylation is 1. The van der Waals surface area contributed by atoms with Crippen LogP contribution in [0.3, 0.4) is 0 Å². The van der Waals surface area contributed by atoms with Crippen molar-refractivity contribution in [3.63, 3.8) is 0 Å². The monoisotopic (exact) mass is 253 g/mol. The predicted molar refractivity (Wildman–Crippen MR) is 77.0 cm³/mol. The highest BCUT2D eigenvalue weighted by atomic mass is 32.2. The zero-order valence-corrected chi connectivity index (χ0v) is 12.1. The number of methoxy groups -OCH3 is 1. The molecule has 0 saturated heterocycles. The van der Waals surface area contributed by atoms with E-state index >= 15 is 0 Å². The highest BCUT2D eigenvalue weighted by Gasteiger charge is 2.05. The lowest BCUT2D eigenvalue weighted by molar-refractivity contribution is 0.405. The van der Waals surface area contributed by atoms with Crippen LogP contribution in [0.5, 0.6) is 5.75 Å². The van der Waals surface area contributed by atoms with Crippen molar-refractivity contribution in [2.75, 3.05) is 19.1 Å². The molecular weight excluding hydrogens is 230 g/mol. The zero-order chi connectivity index (χ0) is 12.7. The van der Waals surface area contributed by atoms with Crippen LogP contribution in [0.2, 0.25) is 0 Å². The molecule has 1 N–H and O–H groups in total. The summed E-state index contributed by atoms with van der Waals surface area (Å²) in [5, 5.41) is 3.54. The number of thioether (sulfide) groups is 1. The first-order chi connectivity index (χ1) is 8.17. The van der Waals surface area contributed by atoms with Gasteiger partial charge in [0.1, 0.15) is 5.75 Å². The maximum Gasteiger partial charge on any atom is 0.123 e. The van der Waals surface area contributed by atoms with Crippen LogP contribution in [0.1, 0.15) is 24.5 Å². The molecule has 0 radical (unpaired) electrons. The highest BCUT2D eigenvalue weighted by Crippen LogP contribution is 2.19. The second-order valence-electron chi connectivity index (χ2n) is 4.38. The molecule has 0 spiro atoms. The van der Waals surface area contributed by atoms with E-state index < -0.39 is 0 Å². The summed E-state index contributed by atoms with van der Waals surface area (Å²) in [7, 11) is 1.73. The molecule has 1 rings (SSSR count). The molecule has 0 saturated carbocycles. The van der Waals surface area contributed by atoms with Crippen molar-refractivity contribution in [2.45, 2.75) is 32.9 Å². The molecule has 96 valence electrons. The number of nitrogens with one attached hydrogen (secondary N) is 1. The van der Waals surface area contributed by atoms with Crippen LogP contribution in [0.25, 0.3) is 0 Å². The Morgan fingerprint density at radius 1 is 1.41 bits per heavy atom. The van der Waals surface area contributed by atoms with Gasteiger partial charge in [0.05, 0.1) is 7.11 Å². The fraction of sp³-hybridized carbons (Fsp3) is 0.571. The summed E-state index contributed by atoms with van der Waals surface area (Å²) in [5.41, 5.74) is 2.52. The van der Waals surface area contributed by atoms with Gasteiger partial charge in [-0.25, -0.2) is 0 Å². The van der Waals surface area contributed by atoms with Crippen LogP contribution in [0.4, 0.5) is 0 Å². The second kappa shape index (κ2) is 7.62. The molecule has 3 heteroatoms. The molecule has 2 nitrogen and oxygen atoms in total. The molecule has 0 fully saturated rings. The third-order valence-electron chi connectivity index (χ3n) is 2.83. The van der Waals surface area contributed by atoms with E-state index in [0.29, 0.717) is 6.04 Å². The van der Waals surface area contributed by atoms with Gasteiger partial charge in [0.25, 0.3) is 0 Å². The normalized spacial score (nSPS) is 12.5. The number of ether oxygens (including phenoxy) is 1. The van der Waals surface area contributed by atoms with Crippen molar-refractivity contribution in [1.82, 2.24) is 5.32 Å². The fourth-order valence-electron chi connectivity index (χ4n) is 1.73. The lowest BCUT2D eigenvalue weighted by atomic mass is 10.1.